The van der Waals surface area contributed by atoms with Crippen molar-refractivity contribution in [1.82, 2.24) is 14.3 Å². The maximum atomic E-state index is 12.6. The van der Waals surface area contributed by atoms with E-state index in [-0.39, 0.29) is 11.9 Å². The van der Waals surface area contributed by atoms with Crippen LogP contribution in [-0.2, 0) is 11.3 Å². The Morgan fingerprint density at radius 1 is 1.27 bits per heavy atom. The Morgan fingerprint density at radius 2 is 2.00 bits per heavy atom. The molecule has 1 aliphatic rings. The molecule has 2 heterocycles. The van der Waals surface area contributed by atoms with Crippen LogP contribution in [0.1, 0.15) is 63.0 Å². The molecule has 2 aromatic rings. The zero-order valence-electron chi connectivity index (χ0n) is 16.0. The average molecular weight is 357 g/mol. The van der Waals surface area contributed by atoms with Crippen molar-refractivity contribution in [2.24, 2.45) is 5.92 Å². The summed E-state index contributed by atoms with van der Waals surface area (Å²) >= 11 is 0. The summed E-state index contributed by atoms with van der Waals surface area (Å²) < 4.78 is 7.42. The van der Waals surface area contributed by atoms with E-state index >= 15 is 0 Å². The minimum absolute atomic E-state index is 0.0596. The van der Waals surface area contributed by atoms with Crippen molar-refractivity contribution in [2.45, 2.75) is 59.1 Å². The average Bonchev–Trinajstić information content (AvgIpc) is 2.91. The number of ketones is 1. The number of aromatic nitrogens is 2. The van der Waals surface area contributed by atoms with Crippen molar-refractivity contribution in [3.05, 3.63) is 35.8 Å². The van der Waals surface area contributed by atoms with E-state index in [4.69, 9.17) is 4.74 Å². The van der Waals surface area contributed by atoms with Gasteiger partial charge in [0.25, 0.3) is 0 Å². The molecule has 1 amide bonds. The lowest BCUT2D eigenvalue weighted by molar-refractivity contribution is 0.0173. The first-order chi connectivity index (χ1) is 12.2. The number of hydrogen-bond acceptors (Lipinski definition) is 4. The highest BCUT2D eigenvalue weighted by molar-refractivity contribution is 5.92. The second-order valence-corrected chi connectivity index (χ2v) is 8.14. The molecule has 6 heteroatoms. The summed E-state index contributed by atoms with van der Waals surface area (Å²) in [6.45, 7) is 8.35. The molecule has 0 radical (unpaired) electrons. The van der Waals surface area contributed by atoms with Crippen LogP contribution in [0.15, 0.2) is 24.5 Å². The second-order valence-electron chi connectivity index (χ2n) is 8.14. The maximum Gasteiger partial charge on any atom is 0.410 e. The maximum absolute atomic E-state index is 12.6. The van der Waals surface area contributed by atoms with Gasteiger partial charge in [0.05, 0.1) is 6.54 Å². The van der Waals surface area contributed by atoms with Crippen LogP contribution in [0, 0.1) is 5.92 Å². The molecule has 26 heavy (non-hydrogen) atoms. The van der Waals surface area contributed by atoms with Crippen molar-refractivity contribution >= 4 is 17.5 Å². The molecule has 140 valence electrons. The van der Waals surface area contributed by atoms with Gasteiger partial charge in [0.15, 0.2) is 5.78 Å². The molecule has 0 bridgehead atoms. The van der Waals surface area contributed by atoms with Gasteiger partial charge in [-0.2, -0.15) is 0 Å². The van der Waals surface area contributed by atoms with Crippen LogP contribution in [-0.4, -0.2) is 38.3 Å². The third-order valence-electron chi connectivity index (χ3n) is 4.60. The number of nitrogens with zero attached hydrogens (tertiary/aromatic N) is 3. The lowest BCUT2D eigenvalue weighted by Gasteiger charge is -2.33. The van der Waals surface area contributed by atoms with Gasteiger partial charge in [0.1, 0.15) is 16.9 Å². The van der Waals surface area contributed by atoms with E-state index in [0.717, 1.165) is 17.8 Å². The third-order valence-corrected chi connectivity index (χ3v) is 4.60. The summed E-state index contributed by atoms with van der Waals surface area (Å²) in [5.74, 6) is 0.499. The summed E-state index contributed by atoms with van der Waals surface area (Å²) in [7, 11) is 0. The third kappa shape index (κ3) is 4.42. The van der Waals surface area contributed by atoms with E-state index in [1.54, 1.807) is 11.1 Å². The van der Waals surface area contributed by atoms with Gasteiger partial charge in [0.2, 0.25) is 0 Å². The largest absolute Gasteiger partial charge is 0.444 e. The van der Waals surface area contributed by atoms with Crippen LogP contribution in [0.3, 0.4) is 0 Å². The van der Waals surface area contributed by atoms with Gasteiger partial charge in [-0.15, -0.1) is 0 Å². The van der Waals surface area contributed by atoms with Crippen LogP contribution in [0.25, 0.3) is 5.65 Å². The highest BCUT2D eigenvalue weighted by atomic mass is 16.6. The Balaban J connectivity index is 1.79. The van der Waals surface area contributed by atoms with Crippen molar-refractivity contribution in [3.8, 4) is 0 Å². The van der Waals surface area contributed by atoms with Crippen molar-refractivity contribution in [1.29, 1.82) is 0 Å². The summed E-state index contributed by atoms with van der Waals surface area (Å²) in [6.07, 6.45) is 6.95. The van der Waals surface area contributed by atoms with E-state index in [1.807, 2.05) is 43.5 Å². The number of carbonyl (C=O) groups is 2. The van der Waals surface area contributed by atoms with Gasteiger partial charge in [-0.25, -0.2) is 9.78 Å². The number of pyridine rings is 1. The first-order valence-electron chi connectivity index (χ1n) is 9.18. The molecule has 0 N–H and O–H groups in total. The van der Waals surface area contributed by atoms with Gasteiger partial charge < -0.3 is 14.0 Å². The van der Waals surface area contributed by atoms with E-state index in [1.165, 1.54) is 26.2 Å². The lowest BCUT2D eigenvalue weighted by atomic mass is 9.85. The molecule has 1 saturated carbocycles. The number of ether oxygens (including phenoxy) is 1. The topological polar surface area (TPSA) is 63.9 Å². The normalized spacial score (nSPS) is 14.9. The highest BCUT2D eigenvalue weighted by Gasteiger charge is 2.27. The minimum atomic E-state index is -0.514. The predicted molar refractivity (Wildman–Crippen MR) is 99.2 cm³/mol. The van der Waals surface area contributed by atoms with E-state index < -0.39 is 5.60 Å². The minimum Gasteiger partial charge on any atom is -0.444 e. The van der Waals surface area contributed by atoms with E-state index in [0.29, 0.717) is 18.2 Å². The molecular weight excluding hydrogens is 330 g/mol. The first kappa shape index (κ1) is 18.4. The predicted octanol–water partition coefficient (Wildman–Crippen LogP) is 4.07. The number of hydrogen-bond donors (Lipinski definition) is 0. The Morgan fingerprint density at radius 3 is 2.58 bits per heavy atom. The Hall–Kier alpha value is -2.37. The lowest BCUT2D eigenvalue weighted by Crippen LogP contribution is -2.40. The van der Waals surface area contributed by atoms with Crippen molar-refractivity contribution in [3.63, 3.8) is 0 Å². The number of Topliss-reactive ketones (excluding diaryl/α,β-unsaturated/α-hetero) is 1. The Bertz CT molecular complexity index is 815. The molecule has 1 aliphatic carbocycles. The summed E-state index contributed by atoms with van der Waals surface area (Å²) in [6, 6.07) is 3.82. The SMILES string of the molecule is CC(=O)c1cn2cc(CN(CC3CCC3)C(=O)OC(C)(C)C)ccc2n1. The molecule has 0 aromatic carbocycles. The Kier molecular flexibility index (Phi) is 5.03. The number of rotatable bonds is 5. The first-order valence-corrected chi connectivity index (χ1v) is 9.18. The molecule has 0 saturated heterocycles. The molecule has 0 unspecified atom stereocenters. The smallest absolute Gasteiger partial charge is 0.410 e. The molecule has 3 rings (SSSR count). The fourth-order valence-electron chi connectivity index (χ4n) is 3.04. The van der Waals surface area contributed by atoms with Crippen LogP contribution < -0.4 is 0 Å². The van der Waals surface area contributed by atoms with Gasteiger partial charge >= 0.3 is 6.09 Å². The molecule has 0 spiro atoms. The molecule has 0 atom stereocenters. The molecule has 2 aromatic heterocycles. The quantitative estimate of drug-likeness (QED) is 0.757. The van der Waals surface area contributed by atoms with Gasteiger partial charge in [-0.1, -0.05) is 12.5 Å². The van der Waals surface area contributed by atoms with Crippen molar-refractivity contribution in [2.75, 3.05) is 6.54 Å². The molecule has 1 fully saturated rings. The van der Waals surface area contributed by atoms with Gasteiger partial charge in [0, 0.05) is 25.9 Å². The summed E-state index contributed by atoms with van der Waals surface area (Å²) in [5, 5.41) is 0. The number of imidazole rings is 1. The van der Waals surface area contributed by atoms with Crippen molar-refractivity contribution < 1.29 is 14.3 Å². The fraction of sp³-hybridized carbons (Fsp3) is 0.550. The Labute approximate surface area is 154 Å². The monoisotopic (exact) mass is 357 g/mol. The molecular formula is C20H27N3O3. The zero-order chi connectivity index (χ0) is 18.9. The van der Waals surface area contributed by atoms with E-state index in [9.17, 15) is 9.59 Å². The molecule has 6 nitrogen and oxygen atoms in total. The zero-order valence-corrected chi connectivity index (χ0v) is 16.0. The fourth-order valence-corrected chi connectivity index (χ4v) is 3.04. The van der Waals surface area contributed by atoms with Crippen LogP contribution in [0.4, 0.5) is 4.79 Å². The number of carbonyl (C=O) groups excluding carboxylic acids is 2. The van der Waals surface area contributed by atoms with Gasteiger partial charge in [-0.3, -0.25) is 4.79 Å². The standard InChI is InChI=1S/C20H27N3O3/c1-14(24)17-13-22-11-16(8-9-18(22)21-17)12-23(10-15-6-5-7-15)19(25)26-20(2,3)4/h8-9,11,13,15H,5-7,10,12H2,1-4H3. The van der Waals surface area contributed by atoms with E-state index in [2.05, 4.69) is 4.98 Å². The second kappa shape index (κ2) is 7.09. The van der Waals surface area contributed by atoms with Gasteiger partial charge in [-0.05, 0) is 51.2 Å². The summed E-state index contributed by atoms with van der Waals surface area (Å²) in [5.41, 5.74) is 1.64. The number of amides is 1. The number of fused-ring (bicyclic) bond motifs is 1. The highest BCUT2D eigenvalue weighted by Crippen LogP contribution is 2.28. The van der Waals surface area contributed by atoms with Crippen LogP contribution >= 0.6 is 0 Å². The van der Waals surface area contributed by atoms with Crippen LogP contribution in [0.5, 0.6) is 0 Å². The summed E-state index contributed by atoms with van der Waals surface area (Å²) in [4.78, 5) is 30.2. The van der Waals surface area contributed by atoms with Crippen LogP contribution in [0.2, 0.25) is 0 Å². The molecule has 0 aliphatic heterocycles.